The van der Waals surface area contributed by atoms with Gasteiger partial charge in [-0.3, -0.25) is 9.78 Å². The maximum Gasteiger partial charge on any atom is 0.355 e. The van der Waals surface area contributed by atoms with E-state index in [9.17, 15) is 4.79 Å². The summed E-state index contributed by atoms with van der Waals surface area (Å²) in [6.07, 6.45) is 0.268. The summed E-state index contributed by atoms with van der Waals surface area (Å²) < 4.78 is 0. The summed E-state index contributed by atoms with van der Waals surface area (Å²) in [6, 6.07) is 6.76. The molecule has 0 N–H and O–H groups in total. The molecule has 0 aromatic heterocycles. The van der Waals surface area contributed by atoms with Crippen LogP contribution < -0.4 is 4.89 Å². The van der Waals surface area contributed by atoms with Crippen LogP contribution in [0.2, 0.25) is 5.02 Å². The maximum absolute atomic E-state index is 10.7. The highest BCUT2D eigenvalue weighted by Gasteiger charge is 2.04. The van der Waals surface area contributed by atoms with E-state index in [-0.39, 0.29) is 6.42 Å². The minimum Gasteiger partial charge on any atom is -0.285 e. The monoisotopic (exact) mass is 200 g/mol. The molecule has 0 saturated heterocycles. The van der Waals surface area contributed by atoms with Gasteiger partial charge in [0.1, 0.15) is 0 Å². The Morgan fingerprint density at radius 1 is 1.46 bits per heavy atom. The lowest BCUT2D eigenvalue weighted by atomic mass is 10.3. The predicted molar refractivity (Wildman–Crippen MR) is 48.5 cm³/mol. The van der Waals surface area contributed by atoms with Crippen LogP contribution in [0.15, 0.2) is 24.3 Å². The van der Waals surface area contributed by atoms with Crippen LogP contribution in [0.25, 0.3) is 0 Å². The molecule has 0 radical (unpaired) electrons. The Morgan fingerprint density at radius 2 is 2.15 bits per heavy atom. The zero-order chi connectivity index (χ0) is 9.68. The standard InChI is InChI=1S/C9H9ClO3/c1-2-9(11)13-12-8-6-4-3-5-7(8)10/h3-6H,2H2,1H3. The molecule has 1 aromatic rings. The Kier molecular flexibility index (Phi) is 3.58. The number of halogens is 1. The van der Waals surface area contributed by atoms with Crippen molar-refractivity contribution in [1.82, 2.24) is 0 Å². The topological polar surface area (TPSA) is 35.5 Å². The Balaban J connectivity index is 2.54. The Bertz CT molecular complexity index is 299. The number of benzene rings is 1. The van der Waals surface area contributed by atoms with Crippen molar-refractivity contribution >= 4 is 17.6 Å². The lowest BCUT2D eigenvalue weighted by Gasteiger charge is -2.03. The largest absolute Gasteiger partial charge is 0.355 e. The van der Waals surface area contributed by atoms with Crippen LogP contribution >= 0.6 is 11.6 Å². The van der Waals surface area contributed by atoms with E-state index in [4.69, 9.17) is 16.5 Å². The molecule has 0 aliphatic heterocycles. The lowest BCUT2D eigenvalue weighted by molar-refractivity contribution is -0.213. The maximum atomic E-state index is 10.7. The molecule has 70 valence electrons. The van der Waals surface area contributed by atoms with Crippen molar-refractivity contribution in [3.63, 3.8) is 0 Å². The number of hydrogen-bond acceptors (Lipinski definition) is 3. The molecule has 0 atom stereocenters. The fourth-order valence-electron chi connectivity index (χ4n) is 0.663. The van der Waals surface area contributed by atoms with Crippen LogP contribution in [0.4, 0.5) is 0 Å². The van der Waals surface area contributed by atoms with Gasteiger partial charge in [-0.25, -0.2) is 4.79 Å². The first kappa shape index (κ1) is 9.86. The molecule has 0 saturated carbocycles. The van der Waals surface area contributed by atoms with Crippen molar-refractivity contribution in [3.8, 4) is 5.75 Å². The van der Waals surface area contributed by atoms with E-state index in [1.165, 1.54) is 0 Å². The lowest BCUT2D eigenvalue weighted by Crippen LogP contribution is -2.06. The minimum atomic E-state index is -0.431. The van der Waals surface area contributed by atoms with Crippen molar-refractivity contribution in [1.29, 1.82) is 0 Å². The molecule has 0 spiro atoms. The zero-order valence-corrected chi connectivity index (χ0v) is 7.88. The quantitative estimate of drug-likeness (QED) is 0.556. The van der Waals surface area contributed by atoms with Crippen molar-refractivity contribution in [2.24, 2.45) is 0 Å². The van der Waals surface area contributed by atoms with Gasteiger partial charge in [-0.2, -0.15) is 0 Å². The van der Waals surface area contributed by atoms with Crippen LogP contribution in [-0.4, -0.2) is 5.97 Å². The summed E-state index contributed by atoms with van der Waals surface area (Å²) in [5.41, 5.74) is 0. The summed E-state index contributed by atoms with van der Waals surface area (Å²) in [7, 11) is 0. The molecule has 4 heteroatoms. The van der Waals surface area contributed by atoms with Gasteiger partial charge in [0.2, 0.25) is 0 Å². The molecule has 0 aliphatic carbocycles. The second kappa shape index (κ2) is 4.72. The molecular weight excluding hydrogens is 192 g/mol. The van der Waals surface area contributed by atoms with Gasteiger partial charge in [0.05, 0.1) is 5.02 Å². The van der Waals surface area contributed by atoms with Gasteiger partial charge >= 0.3 is 5.97 Å². The normalized spacial score (nSPS) is 9.38. The van der Waals surface area contributed by atoms with Gasteiger partial charge in [0.25, 0.3) is 0 Å². The van der Waals surface area contributed by atoms with Crippen LogP contribution in [0.3, 0.4) is 0 Å². The van der Waals surface area contributed by atoms with Gasteiger partial charge in [-0.1, -0.05) is 30.7 Å². The average Bonchev–Trinajstić information content (AvgIpc) is 2.16. The van der Waals surface area contributed by atoms with Crippen LogP contribution in [0.1, 0.15) is 13.3 Å². The highest BCUT2D eigenvalue weighted by molar-refractivity contribution is 6.32. The van der Waals surface area contributed by atoms with Gasteiger partial charge in [0.15, 0.2) is 5.75 Å². The Hall–Kier alpha value is -1.22. The number of para-hydroxylation sites is 1. The highest BCUT2D eigenvalue weighted by Crippen LogP contribution is 2.23. The van der Waals surface area contributed by atoms with Crippen molar-refractivity contribution in [3.05, 3.63) is 29.3 Å². The Morgan fingerprint density at radius 3 is 2.77 bits per heavy atom. The Labute approximate surface area is 81.1 Å². The zero-order valence-electron chi connectivity index (χ0n) is 7.12. The summed E-state index contributed by atoms with van der Waals surface area (Å²) in [5.74, 6) is -0.0918. The molecule has 0 amide bonds. The second-order valence-electron chi connectivity index (χ2n) is 2.32. The van der Waals surface area contributed by atoms with Crippen molar-refractivity contribution < 1.29 is 14.6 Å². The van der Waals surface area contributed by atoms with E-state index in [1.807, 2.05) is 0 Å². The minimum absolute atomic E-state index is 0.268. The predicted octanol–water partition coefficient (Wildman–Crippen LogP) is 2.59. The van der Waals surface area contributed by atoms with Gasteiger partial charge in [0, 0.05) is 6.42 Å². The first-order valence-electron chi connectivity index (χ1n) is 3.86. The fraction of sp³-hybridized carbons (Fsp3) is 0.222. The summed E-state index contributed by atoms with van der Waals surface area (Å²) in [5, 5.41) is 0.409. The van der Waals surface area contributed by atoms with E-state index in [2.05, 4.69) is 4.89 Å². The molecule has 0 bridgehead atoms. The van der Waals surface area contributed by atoms with Gasteiger partial charge in [-0.05, 0) is 12.1 Å². The third-order valence-electron chi connectivity index (χ3n) is 1.35. The molecular formula is C9H9ClO3. The van der Waals surface area contributed by atoms with E-state index in [0.717, 1.165) is 0 Å². The summed E-state index contributed by atoms with van der Waals surface area (Å²) in [6.45, 7) is 1.68. The first-order chi connectivity index (χ1) is 6.24. The van der Waals surface area contributed by atoms with E-state index in [0.29, 0.717) is 10.8 Å². The smallest absolute Gasteiger partial charge is 0.285 e. The molecule has 13 heavy (non-hydrogen) atoms. The average molecular weight is 201 g/mol. The van der Waals surface area contributed by atoms with Crippen LogP contribution in [0.5, 0.6) is 5.75 Å². The summed E-state index contributed by atoms with van der Waals surface area (Å²) in [4.78, 5) is 19.8. The number of hydrogen-bond donors (Lipinski definition) is 0. The SMILES string of the molecule is CCC(=O)OOc1ccccc1Cl. The molecule has 1 rings (SSSR count). The number of carbonyl (C=O) groups is 1. The van der Waals surface area contributed by atoms with Crippen LogP contribution in [0, 0.1) is 0 Å². The first-order valence-corrected chi connectivity index (χ1v) is 4.23. The molecule has 0 fully saturated rings. The van der Waals surface area contributed by atoms with Crippen LogP contribution in [-0.2, 0) is 9.68 Å². The fourth-order valence-corrected chi connectivity index (χ4v) is 0.830. The number of carbonyl (C=O) groups excluding carboxylic acids is 1. The molecule has 1 aromatic carbocycles. The second-order valence-corrected chi connectivity index (χ2v) is 2.73. The number of rotatable bonds is 3. The van der Waals surface area contributed by atoms with E-state index < -0.39 is 5.97 Å². The van der Waals surface area contributed by atoms with E-state index >= 15 is 0 Å². The molecule has 3 nitrogen and oxygen atoms in total. The van der Waals surface area contributed by atoms with E-state index in [1.54, 1.807) is 31.2 Å². The highest BCUT2D eigenvalue weighted by atomic mass is 35.5. The molecule has 0 aliphatic rings. The summed E-state index contributed by atoms with van der Waals surface area (Å²) >= 11 is 5.73. The third kappa shape index (κ3) is 2.95. The van der Waals surface area contributed by atoms with Crippen molar-refractivity contribution in [2.45, 2.75) is 13.3 Å². The van der Waals surface area contributed by atoms with Gasteiger partial charge in [-0.15, -0.1) is 0 Å². The van der Waals surface area contributed by atoms with Gasteiger partial charge < -0.3 is 0 Å². The molecule has 0 unspecified atom stereocenters. The molecule has 0 heterocycles. The third-order valence-corrected chi connectivity index (χ3v) is 1.66. The van der Waals surface area contributed by atoms with Crippen molar-refractivity contribution in [2.75, 3.05) is 0 Å².